The SMILES string of the molecule is CN1C[C@]2(CCCN(Cc3[nH]c4ccccc4c3Cl)C2)OC1=O. The fourth-order valence-electron chi connectivity index (χ4n) is 3.83. The zero-order valence-electron chi connectivity index (χ0n) is 13.1. The molecule has 4 rings (SSSR count). The number of benzene rings is 1. The fourth-order valence-corrected chi connectivity index (χ4v) is 4.10. The Bertz CT molecular complexity index is 759. The van der Waals surface area contributed by atoms with Crippen LogP contribution in [0.25, 0.3) is 10.9 Å². The Morgan fingerprint density at radius 3 is 2.91 bits per heavy atom. The summed E-state index contributed by atoms with van der Waals surface area (Å²) in [4.78, 5) is 19.1. The van der Waals surface area contributed by atoms with E-state index in [2.05, 4.69) is 9.88 Å². The molecular weight excluding hydrogens is 314 g/mol. The van der Waals surface area contributed by atoms with E-state index in [9.17, 15) is 4.79 Å². The Hall–Kier alpha value is -1.72. The van der Waals surface area contributed by atoms with Gasteiger partial charge in [-0.1, -0.05) is 29.8 Å². The molecule has 122 valence electrons. The Balaban J connectivity index is 1.54. The minimum Gasteiger partial charge on any atom is -0.440 e. The van der Waals surface area contributed by atoms with Crippen LogP contribution in [0.15, 0.2) is 24.3 Å². The van der Waals surface area contributed by atoms with E-state index in [0.29, 0.717) is 6.54 Å². The van der Waals surface area contributed by atoms with Crippen molar-refractivity contribution >= 4 is 28.6 Å². The number of aromatic nitrogens is 1. The molecule has 2 fully saturated rings. The number of likely N-dealkylation sites (tertiary alicyclic amines) is 1. The van der Waals surface area contributed by atoms with Crippen molar-refractivity contribution in [2.24, 2.45) is 0 Å². The van der Waals surface area contributed by atoms with Gasteiger partial charge in [0, 0.05) is 36.7 Å². The van der Waals surface area contributed by atoms with E-state index in [0.717, 1.165) is 54.1 Å². The van der Waals surface area contributed by atoms with Crippen molar-refractivity contribution in [1.82, 2.24) is 14.8 Å². The molecule has 2 aromatic rings. The molecule has 3 heterocycles. The quantitative estimate of drug-likeness (QED) is 0.917. The molecule has 0 radical (unpaired) electrons. The van der Waals surface area contributed by atoms with Crippen LogP contribution >= 0.6 is 11.6 Å². The van der Waals surface area contributed by atoms with Crippen LogP contribution in [-0.2, 0) is 11.3 Å². The molecule has 1 aromatic carbocycles. The molecule has 5 nitrogen and oxygen atoms in total. The zero-order chi connectivity index (χ0) is 16.0. The monoisotopic (exact) mass is 333 g/mol. The third-order valence-corrected chi connectivity index (χ3v) is 5.29. The van der Waals surface area contributed by atoms with Crippen molar-refractivity contribution in [2.75, 3.05) is 26.7 Å². The number of nitrogens with one attached hydrogen (secondary N) is 1. The number of aromatic amines is 1. The molecule has 0 unspecified atom stereocenters. The third kappa shape index (κ3) is 2.58. The number of fused-ring (bicyclic) bond motifs is 1. The number of hydrogen-bond acceptors (Lipinski definition) is 3. The van der Waals surface area contributed by atoms with Crippen LogP contribution in [0.1, 0.15) is 18.5 Å². The van der Waals surface area contributed by atoms with Gasteiger partial charge in [-0.05, 0) is 25.5 Å². The first-order chi connectivity index (χ1) is 11.1. The third-order valence-electron chi connectivity index (χ3n) is 4.86. The maximum atomic E-state index is 11.7. The number of amides is 1. The molecule has 1 aromatic heterocycles. The van der Waals surface area contributed by atoms with Gasteiger partial charge in [-0.3, -0.25) is 4.90 Å². The first-order valence-electron chi connectivity index (χ1n) is 7.98. The van der Waals surface area contributed by atoms with E-state index >= 15 is 0 Å². The second kappa shape index (κ2) is 5.42. The fraction of sp³-hybridized carbons (Fsp3) is 0.471. The van der Waals surface area contributed by atoms with Crippen molar-refractivity contribution < 1.29 is 9.53 Å². The van der Waals surface area contributed by atoms with Crippen molar-refractivity contribution in [1.29, 1.82) is 0 Å². The number of para-hydroxylation sites is 1. The van der Waals surface area contributed by atoms with E-state index in [1.54, 1.807) is 11.9 Å². The molecule has 2 aliphatic heterocycles. The van der Waals surface area contributed by atoms with Crippen LogP contribution in [0.4, 0.5) is 4.79 Å². The summed E-state index contributed by atoms with van der Waals surface area (Å²) in [5.41, 5.74) is 1.73. The number of likely N-dealkylation sites (N-methyl/N-ethyl adjacent to an activating group) is 1. The molecule has 2 saturated heterocycles. The Labute approximate surface area is 140 Å². The normalized spacial score (nSPS) is 25.5. The highest BCUT2D eigenvalue weighted by Crippen LogP contribution is 2.33. The molecule has 23 heavy (non-hydrogen) atoms. The van der Waals surface area contributed by atoms with Gasteiger partial charge in [0.05, 0.1) is 11.6 Å². The second-order valence-corrected chi connectivity index (χ2v) is 7.06. The number of nitrogens with zero attached hydrogens (tertiary/aromatic N) is 2. The minimum absolute atomic E-state index is 0.213. The topological polar surface area (TPSA) is 48.6 Å². The maximum absolute atomic E-state index is 11.7. The van der Waals surface area contributed by atoms with Gasteiger partial charge in [-0.25, -0.2) is 4.79 Å². The number of halogens is 1. The standard InChI is InChI=1S/C17H20ClN3O2/c1-20-10-17(23-16(20)22)7-4-8-21(11-17)9-14-15(18)12-5-2-3-6-13(12)19-14/h2-3,5-6,19H,4,7-11H2,1H3/t17-/m0/s1. The van der Waals surface area contributed by atoms with E-state index in [4.69, 9.17) is 16.3 Å². The first-order valence-corrected chi connectivity index (χ1v) is 8.36. The minimum atomic E-state index is -0.359. The highest BCUT2D eigenvalue weighted by Gasteiger charge is 2.46. The Morgan fingerprint density at radius 1 is 1.35 bits per heavy atom. The molecule has 1 spiro atoms. The number of rotatable bonds is 2. The lowest BCUT2D eigenvalue weighted by atomic mass is 9.92. The molecule has 1 atom stereocenters. The molecule has 6 heteroatoms. The van der Waals surface area contributed by atoms with Crippen LogP contribution < -0.4 is 0 Å². The average molecular weight is 334 g/mol. The second-order valence-electron chi connectivity index (χ2n) is 6.68. The number of H-pyrrole nitrogens is 1. The van der Waals surface area contributed by atoms with Crippen LogP contribution in [0, 0.1) is 0 Å². The number of ether oxygens (including phenoxy) is 1. The highest BCUT2D eigenvalue weighted by atomic mass is 35.5. The zero-order valence-corrected chi connectivity index (χ0v) is 13.9. The number of carbonyl (C=O) groups excluding carboxylic acids is 1. The maximum Gasteiger partial charge on any atom is 0.410 e. The summed E-state index contributed by atoms with van der Waals surface area (Å²) < 4.78 is 5.66. The van der Waals surface area contributed by atoms with Gasteiger partial charge in [0.2, 0.25) is 0 Å². The van der Waals surface area contributed by atoms with Crippen molar-refractivity contribution in [3.63, 3.8) is 0 Å². The van der Waals surface area contributed by atoms with E-state index in [1.165, 1.54) is 0 Å². The summed E-state index contributed by atoms with van der Waals surface area (Å²) in [7, 11) is 1.80. The predicted octanol–water partition coefficient (Wildman–Crippen LogP) is 3.24. The largest absolute Gasteiger partial charge is 0.440 e. The summed E-state index contributed by atoms with van der Waals surface area (Å²) in [6.07, 6.45) is 1.74. The molecule has 0 bridgehead atoms. The van der Waals surface area contributed by atoms with E-state index in [1.807, 2.05) is 24.3 Å². The number of piperidine rings is 1. The highest BCUT2D eigenvalue weighted by molar-refractivity contribution is 6.36. The average Bonchev–Trinajstić information content (AvgIpc) is 2.97. The Morgan fingerprint density at radius 2 is 2.17 bits per heavy atom. The molecule has 0 saturated carbocycles. The van der Waals surface area contributed by atoms with Gasteiger partial charge in [-0.15, -0.1) is 0 Å². The molecule has 0 aliphatic carbocycles. The van der Waals surface area contributed by atoms with Gasteiger partial charge in [0.15, 0.2) is 0 Å². The number of hydrogen-bond donors (Lipinski definition) is 1. The van der Waals surface area contributed by atoms with Crippen molar-refractivity contribution in [3.05, 3.63) is 35.0 Å². The number of carbonyl (C=O) groups is 1. The Kier molecular flexibility index (Phi) is 3.50. The van der Waals surface area contributed by atoms with Gasteiger partial charge in [-0.2, -0.15) is 0 Å². The van der Waals surface area contributed by atoms with Crippen LogP contribution in [0.3, 0.4) is 0 Å². The smallest absolute Gasteiger partial charge is 0.410 e. The van der Waals surface area contributed by atoms with Crippen LogP contribution in [0.2, 0.25) is 5.02 Å². The van der Waals surface area contributed by atoms with Gasteiger partial charge in [0.1, 0.15) is 5.60 Å². The predicted molar refractivity (Wildman–Crippen MR) is 89.7 cm³/mol. The molecule has 1 N–H and O–H groups in total. The summed E-state index contributed by atoms with van der Waals surface area (Å²) >= 11 is 6.52. The molecule has 1 amide bonds. The van der Waals surface area contributed by atoms with E-state index in [-0.39, 0.29) is 11.7 Å². The van der Waals surface area contributed by atoms with Crippen molar-refractivity contribution in [2.45, 2.75) is 25.0 Å². The van der Waals surface area contributed by atoms with Gasteiger partial charge < -0.3 is 14.6 Å². The van der Waals surface area contributed by atoms with Crippen LogP contribution in [-0.4, -0.2) is 53.2 Å². The van der Waals surface area contributed by atoms with E-state index < -0.39 is 0 Å². The lowest BCUT2D eigenvalue weighted by Crippen LogP contribution is -2.50. The summed E-state index contributed by atoms with van der Waals surface area (Å²) in [6, 6.07) is 8.07. The summed E-state index contributed by atoms with van der Waals surface area (Å²) in [6.45, 7) is 3.17. The van der Waals surface area contributed by atoms with Crippen LogP contribution in [0.5, 0.6) is 0 Å². The summed E-state index contributed by atoms with van der Waals surface area (Å²) in [5.74, 6) is 0. The lowest BCUT2D eigenvalue weighted by Gasteiger charge is -2.38. The van der Waals surface area contributed by atoms with Crippen molar-refractivity contribution in [3.8, 4) is 0 Å². The molecule has 2 aliphatic rings. The molecular formula is C17H20ClN3O2. The summed E-state index contributed by atoms with van der Waals surface area (Å²) in [5, 5.41) is 1.85. The first kappa shape index (κ1) is 14.8. The van der Waals surface area contributed by atoms with Gasteiger partial charge in [0.25, 0.3) is 0 Å². The lowest BCUT2D eigenvalue weighted by molar-refractivity contribution is -0.0116. The van der Waals surface area contributed by atoms with Gasteiger partial charge >= 0.3 is 6.09 Å².